The Bertz CT molecular complexity index is 845. The number of nitrogen functional groups attached to an aromatic ring is 1. The van der Waals surface area contributed by atoms with Gasteiger partial charge in [-0.1, -0.05) is 0 Å². The van der Waals surface area contributed by atoms with Crippen LogP contribution in [0.2, 0.25) is 0 Å². The van der Waals surface area contributed by atoms with Gasteiger partial charge in [-0.15, -0.1) is 0 Å². The summed E-state index contributed by atoms with van der Waals surface area (Å²) in [5, 5.41) is 0. The summed E-state index contributed by atoms with van der Waals surface area (Å²) in [5.74, 6) is -1.90. The Hall–Kier alpha value is -3.03. The summed E-state index contributed by atoms with van der Waals surface area (Å²) in [6.07, 6.45) is 3.46. The Morgan fingerprint density at radius 3 is 2.56 bits per heavy atom. The number of amides is 2. The molecule has 1 saturated heterocycles. The molecule has 8 heteroatoms. The van der Waals surface area contributed by atoms with Crippen LogP contribution in [-0.2, 0) is 11.2 Å². The first-order chi connectivity index (χ1) is 13.0. The predicted molar refractivity (Wildman–Crippen MR) is 95.8 cm³/mol. The van der Waals surface area contributed by atoms with Gasteiger partial charge in [0.15, 0.2) is 0 Å². The van der Waals surface area contributed by atoms with Crippen LogP contribution in [0.4, 0.5) is 14.5 Å². The molecule has 2 aromatic rings. The van der Waals surface area contributed by atoms with E-state index in [0.717, 1.165) is 12.1 Å². The van der Waals surface area contributed by atoms with E-state index in [-0.39, 0.29) is 29.5 Å². The van der Waals surface area contributed by atoms with Gasteiger partial charge in [0.25, 0.3) is 5.91 Å². The van der Waals surface area contributed by atoms with Crippen molar-refractivity contribution in [2.75, 3.05) is 31.9 Å². The van der Waals surface area contributed by atoms with Crippen LogP contribution in [0.3, 0.4) is 0 Å². The zero-order valence-corrected chi connectivity index (χ0v) is 14.7. The number of pyridine rings is 1. The van der Waals surface area contributed by atoms with Gasteiger partial charge < -0.3 is 15.5 Å². The molecule has 27 heavy (non-hydrogen) atoms. The summed E-state index contributed by atoms with van der Waals surface area (Å²) in [7, 11) is 0. The summed E-state index contributed by atoms with van der Waals surface area (Å²) in [4.78, 5) is 32.2. The van der Waals surface area contributed by atoms with Crippen molar-refractivity contribution in [3.63, 3.8) is 0 Å². The summed E-state index contributed by atoms with van der Waals surface area (Å²) >= 11 is 0. The minimum absolute atomic E-state index is 0.0285. The third-order valence-corrected chi connectivity index (χ3v) is 4.55. The number of nitrogens with two attached hydrogens (primary N) is 1. The molecular formula is C19H20F2N4O2. The summed E-state index contributed by atoms with van der Waals surface area (Å²) < 4.78 is 27.5. The van der Waals surface area contributed by atoms with Crippen molar-refractivity contribution in [3.8, 4) is 0 Å². The molecule has 1 aliphatic heterocycles. The lowest BCUT2D eigenvalue weighted by atomic mass is 10.1. The second-order valence-corrected chi connectivity index (χ2v) is 6.41. The normalized spacial score (nSPS) is 14.7. The first-order valence-corrected chi connectivity index (χ1v) is 8.66. The number of aromatic nitrogens is 1. The van der Waals surface area contributed by atoms with E-state index >= 15 is 0 Å². The van der Waals surface area contributed by atoms with Gasteiger partial charge in [0.1, 0.15) is 11.6 Å². The van der Waals surface area contributed by atoms with Gasteiger partial charge in [0.05, 0.1) is 17.7 Å². The zero-order chi connectivity index (χ0) is 19.4. The number of carbonyl (C=O) groups is 2. The van der Waals surface area contributed by atoms with Gasteiger partial charge in [0, 0.05) is 50.2 Å². The Labute approximate surface area is 155 Å². The molecule has 0 aliphatic carbocycles. The largest absolute Gasteiger partial charge is 0.396 e. The number of hydrogen-bond donors (Lipinski definition) is 1. The highest BCUT2D eigenvalue weighted by Crippen LogP contribution is 2.18. The van der Waals surface area contributed by atoms with Gasteiger partial charge >= 0.3 is 0 Å². The molecule has 1 aromatic carbocycles. The number of nitrogens with zero attached hydrogens (tertiary/aromatic N) is 3. The van der Waals surface area contributed by atoms with Gasteiger partial charge in [-0.25, -0.2) is 8.78 Å². The standard InChI is InChI=1S/C19H20F2N4O2/c20-15-11-17(22)16(21)9-14(15)10-18(26)24-5-2-6-25(8-7-24)19(27)13-3-1-4-23-12-13/h1,3-4,9,11-12H,2,5-8,10,22H2. The maximum absolute atomic E-state index is 13.9. The molecule has 1 aromatic heterocycles. The average molecular weight is 374 g/mol. The molecule has 2 heterocycles. The number of halogens is 2. The van der Waals surface area contributed by atoms with Crippen molar-refractivity contribution in [1.29, 1.82) is 0 Å². The number of carbonyl (C=O) groups excluding carboxylic acids is 2. The first-order valence-electron chi connectivity index (χ1n) is 8.66. The Morgan fingerprint density at radius 1 is 1.07 bits per heavy atom. The average Bonchev–Trinajstić information content (AvgIpc) is 2.92. The Balaban J connectivity index is 1.63. The van der Waals surface area contributed by atoms with Crippen molar-refractivity contribution in [2.45, 2.75) is 12.8 Å². The lowest BCUT2D eigenvalue weighted by Gasteiger charge is -2.22. The molecule has 0 spiro atoms. The van der Waals surface area contributed by atoms with Crippen LogP contribution in [0.1, 0.15) is 22.3 Å². The SMILES string of the molecule is Nc1cc(F)c(CC(=O)N2CCCN(C(=O)c3cccnc3)CC2)cc1F. The smallest absolute Gasteiger partial charge is 0.255 e. The molecule has 0 bridgehead atoms. The molecule has 0 radical (unpaired) electrons. The van der Waals surface area contributed by atoms with E-state index in [4.69, 9.17) is 5.73 Å². The number of rotatable bonds is 3. The molecule has 1 aliphatic rings. The lowest BCUT2D eigenvalue weighted by Crippen LogP contribution is -2.38. The van der Waals surface area contributed by atoms with Crippen LogP contribution < -0.4 is 5.73 Å². The van der Waals surface area contributed by atoms with E-state index in [1.807, 2.05) is 0 Å². The summed E-state index contributed by atoms with van der Waals surface area (Å²) in [5.41, 5.74) is 5.50. The molecular weight excluding hydrogens is 354 g/mol. The van der Waals surface area contributed by atoms with E-state index in [2.05, 4.69) is 4.98 Å². The van der Waals surface area contributed by atoms with Crippen LogP contribution >= 0.6 is 0 Å². The highest BCUT2D eigenvalue weighted by atomic mass is 19.1. The number of hydrogen-bond acceptors (Lipinski definition) is 4. The first kappa shape index (κ1) is 18.8. The molecule has 0 atom stereocenters. The minimum Gasteiger partial charge on any atom is -0.396 e. The fourth-order valence-corrected chi connectivity index (χ4v) is 3.06. The van der Waals surface area contributed by atoms with Crippen molar-refractivity contribution in [3.05, 3.63) is 59.4 Å². The second kappa shape index (κ2) is 8.11. The molecule has 6 nitrogen and oxygen atoms in total. The van der Waals surface area contributed by atoms with Crippen LogP contribution in [-0.4, -0.2) is 52.8 Å². The summed E-state index contributed by atoms with van der Waals surface area (Å²) in [6, 6.07) is 5.23. The quantitative estimate of drug-likeness (QED) is 0.832. The third kappa shape index (κ3) is 4.39. The van der Waals surface area contributed by atoms with Crippen LogP contribution in [0.25, 0.3) is 0 Å². The van der Waals surface area contributed by atoms with Crippen molar-refractivity contribution < 1.29 is 18.4 Å². The van der Waals surface area contributed by atoms with E-state index in [0.29, 0.717) is 38.2 Å². The Morgan fingerprint density at radius 2 is 1.81 bits per heavy atom. The highest BCUT2D eigenvalue weighted by molar-refractivity contribution is 5.94. The molecule has 0 unspecified atom stereocenters. The lowest BCUT2D eigenvalue weighted by molar-refractivity contribution is -0.130. The maximum atomic E-state index is 13.9. The molecule has 142 valence electrons. The van der Waals surface area contributed by atoms with Gasteiger partial charge in [-0.3, -0.25) is 14.6 Å². The van der Waals surface area contributed by atoms with Crippen LogP contribution in [0.5, 0.6) is 0 Å². The van der Waals surface area contributed by atoms with Crippen LogP contribution in [0, 0.1) is 11.6 Å². The maximum Gasteiger partial charge on any atom is 0.255 e. The topological polar surface area (TPSA) is 79.5 Å². The summed E-state index contributed by atoms with van der Waals surface area (Å²) in [6.45, 7) is 1.68. The molecule has 0 saturated carbocycles. The predicted octanol–water partition coefficient (Wildman–Crippen LogP) is 1.86. The van der Waals surface area contributed by atoms with Crippen molar-refractivity contribution in [1.82, 2.24) is 14.8 Å². The molecule has 3 rings (SSSR count). The number of anilines is 1. The monoisotopic (exact) mass is 374 g/mol. The fourth-order valence-electron chi connectivity index (χ4n) is 3.06. The molecule has 1 fully saturated rings. The zero-order valence-electron chi connectivity index (χ0n) is 14.7. The van der Waals surface area contributed by atoms with Gasteiger partial charge in [0.2, 0.25) is 5.91 Å². The molecule has 2 N–H and O–H groups in total. The van der Waals surface area contributed by atoms with Crippen molar-refractivity contribution in [2.24, 2.45) is 0 Å². The van der Waals surface area contributed by atoms with E-state index < -0.39 is 11.6 Å². The second-order valence-electron chi connectivity index (χ2n) is 6.41. The van der Waals surface area contributed by atoms with Crippen molar-refractivity contribution >= 4 is 17.5 Å². The minimum atomic E-state index is -0.747. The number of benzene rings is 1. The van der Waals surface area contributed by atoms with Gasteiger partial charge in [-0.2, -0.15) is 0 Å². The fraction of sp³-hybridized carbons (Fsp3) is 0.316. The molecule has 2 amide bonds. The van der Waals surface area contributed by atoms with E-state index in [1.165, 1.54) is 6.20 Å². The van der Waals surface area contributed by atoms with E-state index in [9.17, 15) is 18.4 Å². The van der Waals surface area contributed by atoms with Gasteiger partial charge in [-0.05, 0) is 24.6 Å². The third-order valence-electron chi connectivity index (χ3n) is 4.55. The van der Waals surface area contributed by atoms with Crippen LogP contribution in [0.15, 0.2) is 36.7 Å². The Kier molecular flexibility index (Phi) is 5.63. The van der Waals surface area contributed by atoms with E-state index in [1.54, 1.807) is 28.1 Å². The highest BCUT2D eigenvalue weighted by Gasteiger charge is 2.23.